The summed E-state index contributed by atoms with van der Waals surface area (Å²) in [5, 5.41) is 9.30. The van der Waals surface area contributed by atoms with Gasteiger partial charge < -0.3 is 20.1 Å². The molecule has 0 radical (unpaired) electrons. The lowest BCUT2D eigenvalue weighted by Crippen LogP contribution is -2.29. The van der Waals surface area contributed by atoms with Crippen molar-refractivity contribution in [1.29, 1.82) is 0 Å². The van der Waals surface area contributed by atoms with Crippen molar-refractivity contribution in [2.24, 2.45) is 5.73 Å². The monoisotopic (exact) mass is 265 g/mol. The molecule has 1 atom stereocenters. The highest BCUT2D eigenvalue weighted by Gasteiger charge is 2.31. The van der Waals surface area contributed by atoms with E-state index in [0.29, 0.717) is 13.2 Å². The van der Waals surface area contributed by atoms with Gasteiger partial charge in [0.2, 0.25) is 0 Å². The van der Waals surface area contributed by atoms with E-state index in [4.69, 9.17) is 10.5 Å². The number of imidazole rings is 1. The fourth-order valence-corrected chi connectivity index (χ4v) is 3.12. The highest BCUT2D eigenvalue weighted by atomic mass is 16.5. The van der Waals surface area contributed by atoms with Crippen LogP contribution in [0.2, 0.25) is 0 Å². The first-order chi connectivity index (χ1) is 9.18. The van der Waals surface area contributed by atoms with Crippen LogP contribution in [0.4, 0.5) is 0 Å². The zero-order chi connectivity index (χ0) is 13.4. The highest BCUT2D eigenvalue weighted by Crippen LogP contribution is 2.33. The Bertz CT molecular complexity index is 492. The molecule has 3 N–H and O–H groups in total. The van der Waals surface area contributed by atoms with Crippen LogP contribution in [0.15, 0.2) is 0 Å². The third-order valence-electron chi connectivity index (χ3n) is 4.07. The summed E-state index contributed by atoms with van der Waals surface area (Å²) in [6.07, 6.45) is 4.22. The van der Waals surface area contributed by atoms with Crippen molar-refractivity contribution in [3.05, 3.63) is 17.2 Å². The summed E-state index contributed by atoms with van der Waals surface area (Å²) in [6, 6.07) is 0. The molecule has 1 aromatic rings. The summed E-state index contributed by atoms with van der Waals surface area (Å²) in [6.45, 7) is 1.43. The SMILES string of the molecule is NC1CCCc2c(C(=O)O)nc(C3CCOCC3)n21. The Morgan fingerprint density at radius 1 is 1.37 bits per heavy atom. The van der Waals surface area contributed by atoms with Crippen LogP contribution in [-0.4, -0.2) is 33.8 Å². The molecule has 0 amide bonds. The van der Waals surface area contributed by atoms with E-state index in [1.165, 1.54) is 0 Å². The number of hydrogen-bond donors (Lipinski definition) is 2. The van der Waals surface area contributed by atoms with Crippen LogP contribution in [0.1, 0.15) is 59.8 Å². The van der Waals surface area contributed by atoms with Gasteiger partial charge in [-0.25, -0.2) is 9.78 Å². The predicted octanol–water partition coefficient (Wildman–Crippen LogP) is 1.27. The Morgan fingerprint density at radius 2 is 2.11 bits per heavy atom. The first-order valence-corrected chi connectivity index (χ1v) is 6.86. The van der Waals surface area contributed by atoms with Gasteiger partial charge in [0.1, 0.15) is 5.82 Å². The van der Waals surface area contributed by atoms with Crippen molar-refractivity contribution in [3.63, 3.8) is 0 Å². The van der Waals surface area contributed by atoms with Crippen molar-refractivity contribution < 1.29 is 14.6 Å². The molecule has 1 saturated heterocycles. The number of carboxylic acids is 1. The van der Waals surface area contributed by atoms with Gasteiger partial charge >= 0.3 is 5.97 Å². The second-order valence-corrected chi connectivity index (χ2v) is 5.29. The molecule has 2 aliphatic heterocycles. The molecule has 1 fully saturated rings. The smallest absolute Gasteiger partial charge is 0.356 e. The molecule has 0 saturated carbocycles. The van der Waals surface area contributed by atoms with Gasteiger partial charge in [0.05, 0.1) is 11.9 Å². The number of carboxylic acid groups (broad SMARTS) is 1. The van der Waals surface area contributed by atoms with Crippen molar-refractivity contribution in [1.82, 2.24) is 9.55 Å². The van der Waals surface area contributed by atoms with E-state index in [0.717, 1.165) is 43.6 Å². The number of carbonyl (C=O) groups is 1. The number of nitrogens with two attached hydrogens (primary N) is 1. The number of nitrogens with zero attached hydrogens (tertiary/aromatic N) is 2. The van der Waals surface area contributed by atoms with E-state index in [2.05, 4.69) is 4.98 Å². The van der Waals surface area contributed by atoms with Gasteiger partial charge in [-0.1, -0.05) is 0 Å². The van der Waals surface area contributed by atoms with Gasteiger partial charge in [0.25, 0.3) is 0 Å². The molecule has 104 valence electrons. The molecule has 0 aliphatic carbocycles. The van der Waals surface area contributed by atoms with Crippen LogP contribution in [0.25, 0.3) is 0 Å². The lowest BCUT2D eigenvalue weighted by molar-refractivity contribution is 0.0688. The topological polar surface area (TPSA) is 90.4 Å². The summed E-state index contributed by atoms with van der Waals surface area (Å²) in [7, 11) is 0. The average molecular weight is 265 g/mol. The molecule has 0 aromatic carbocycles. The molecule has 3 heterocycles. The van der Waals surface area contributed by atoms with E-state index in [-0.39, 0.29) is 17.8 Å². The Kier molecular flexibility index (Phi) is 3.28. The third kappa shape index (κ3) is 2.15. The van der Waals surface area contributed by atoms with E-state index in [1.54, 1.807) is 0 Å². The van der Waals surface area contributed by atoms with Crippen LogP contribution in [0.5, 0.6) is 0 Å². The first kappa shape index (κ1) is 12.6. The summed E-state index contributed by atoms with van der Waals surface area (Å²) < 4.78 is 7.34. The minimum absolute atomic E-state index is 0.137. The molecule has 19 heavy (non-hydrogen) atoms. The maximum Gasteiger partial charge on any atom is 0.356 e. The van der Waals surface area contributed by atoms with Crippen LogP contribution in [0.3, 0.4) is 0 Å². The quantitative estimate of drug-likeness (QED) is 0.840. The van der Waals surface area contributed by atoms with E-state index < -0.39 is 5.97 Å². The van der Waals surface area contributed by atoms with Crippen LogP contribution in [-0.2, 0) is 11.2 Å². The second-order valence-electron chi connectivity index (χ2n) is 5.29. The lowest BCUT2D eigenvalue weighted by atomic mass is 9.98. The lowest BCUT2D eigenvalue weighted by Gasteiger charge is -2.28. The molecule has 0 spiro atoms. The number of aromatic carboxylic acids is 1. The standard InChI is InChI=1S/C13H19N3O3/c14-10-3-1-2-9-11(13(17)18)15-12(16(9)10)8-4-6-19-7-5-8/h8,10H,1-7,14H2,(H,17,18). The second kappa shape index (κ2) is 4.94. The van der Waals surface area contributed by atoms with Crippen molar-refractivity contribution in [2.45, 2.75) is 44.2 Å². The summed E-state index contributed by atoms with van der Waals surface area (Å²) in [5.41, 5.74) is 7.16. The highest BCUT2D eigenvalue weighted by molar-refractivity contribution is 5.87. The Balaban J connectivity index is 2.05. The molecule has 1 aromatic heterocycles. The maximum absolute atomic E-state index is 11.3. The van der Waals surface area contributed by atoms with Gasteiger partial charge in [0, 0.05) is 19.1 Å². The van der Waals surface area contributed by atoms with Crippen LogP contribution in [0, 0.1) is 0 Å². The van der Waals surface area contributed by atoms with Gasteiger partial charge in [-0.05, 0) is 32.1 Å². The normalized spacial score (nSPS) is 24.2. The van der Waals surface area contributed by atoms with Crippen molar-refractivity contribution >= 4 is 5.97 Å². The zero-order valence-corrected chi connectivity index (χ0v) is 10.8. The van der Waals surface area contributed by atoms with Gasteiger partial charge in [-0.2, -0.15) is 0 Å². The molecule has 0 bridgehead atoms. The third-order valence-corrected chi connectivity index (χ3v) is 4.07. The van der Waals surface area contributed by atoms with E-state index >= 15 is 0 Å². The Morgan fingerprint density at radius 3 is 2.79 bits per heavy atom. The average Bonchev–Trinajstić information content (AvgIpc) is 2.81. The molecular formula is C13H19N3O3. The largest absolute Gasteiger partial charge is 0.476 e. The maximum atomic E-state index is 11.3. The molecule has 3 rings (SSSR count). The van der Waals surface area contributed by atoms with Crippen LogP contribution >= 0.6 is 0 Å². The number of fused-ring (bicyclic) bond motifs is 1. The van der Waals surface area contributed by atoms with Crippen molar-refractivity contribution in [3.8, 4) is 0 Å². The first-order valence-electron chi connectivity index (χ1n) is 6.86. The number of rotatable bonds is 2. The minimum Gasteiger partial charge on any atom is -0.476 e. The van der Waals surface area contributed by atoms with Crippen molar-refractivity contribution in [2.75, 3.05) is 13.2 Å². The summed E-state index contributed by atoms with van der Waals surface area (Å²) in [5.74, 6) is 0.170. The van der Waals surface area contributed by atoms with Gasteiger partial charge in [0.15, 0.2) is 5.69 Å². The molecule has 2 aliphatic rings. The fraction of sp³-hybridized carbons (Fsp3) is 0.692. The molecule has 6 heteroatoms. The number of hydrogen-bond acceptors (Lipinski definition) is 4. The number of aromatic nitrogens is 2. The minimum atomic E-state index is -0.948. The number of ether oxygens (including phenoxy) is 1. The molecule has 1 unspecified atom stereocenters. The van der Waals surface area contributed by atoms with Crippen LogP contribution < -0.4 is 5.73 Å². The summed E-state index contributed by atoms with van der Waals surface area (Å²) in [4.78, 5) is 15.7. The summed E-state index contributed by atoms with van der Waals surface area (Å²) >= 11 is 0. The van der Waals surface area contributed by atoms with E-state index in [1.807, 2.05) is 4.57 Å². The van der Waals surface area contributed by atoms with E-state index in [9.17, 15) is 9.90 Å². The molecule has 6 nitrogen and oxygen atoms in total. The fourth-order valence-electron chi connectivity index (χ4n) is 3.12. The Labute approximate surface area is 111 Å². The van der Waals surface area contributed by atoms with Gasteiger partial charge in [-0.15, -0.1) is 0 Å². The predicted molar refractivity (Wildman–Crippen MR) is 68.1 cm³/mol. The molecular weight excluding hydrogens is 246 g/mol. The van der Waals surface area contributed by atoms with Gasteiger partial charge in [-0.3, -0.25) is 0 Å². The Hall–Kier alpha value is -1.40. The zero-order valence-electron chi connectivity index (χ0n) is 10.8.